The summed E-state index contributed by atoms with van der Waals surface area (Å²) in [6.07, 6.45) is -1.66. The molecule has 0 rings (SSSR count). The standard InChI is InChI=1S/C7H13NO4S/c1-4(2)6(9)11-5(3)12-7(10)8-13/h4-5,13H,1-3H3,(H,8,10). The number of hydrogen-bond donors (Lipinski definition) is 2. The molecule has 0 saturated heterocycles. The molecule has 5 nitrogen and oxygen atoms in total. The molecule has 1 N–H and O–H groups in total. The van der Waals surface area contributed by atoms with Gasteiger partial charge in [-0.1, -0.05) is 26.7 Å². The van der Waals surface area contributed by atoms with Gasteiger partial charge in [-0.25, -0.2) is 4.79 Å². The Balaban J connectivity index is 3.80. The Labute approximate surface area is 82.3 Å². The van der Waals surface area contributed by atoms with Crippen molar-refractivity contribution < 1.29 is 19.1 Å². The van der Waals surface area contributed by atoms with Crippen LogP contribution in [0.4, 0.5) is 4.79 Å². The van der Waals surface area contributed by atoms with Gasteiger partial charge in [0.05, 0.1) is 5.92 Å². The van der Waals surface area contributed by atoms with E-state index in [0.717, 1.165) is 0 Å². The number of amides is 1. The lowest BCUT2D eigenvalue weighted by atomic mass is 10.2. The van der Waals surface area contributed by atoms with Gasteiger partial charge >= 0.3 is 12.1 Å². The Hall–Kier alpha value is -0.910. The fourth-order valence-corrected chi connectivity index (χ4v) is 0.554. The quantitative estimate of drug-likeness (QED) is 0.413. The minimum absolute atomic E-state index is 0.245. The zero-order chi connectivity index (χ0) is 10.4. The summed E-state index contributed by atoms with van der Waals surface area (Å²) < 4.78 is 11.2. The third-order valence-corrected chi connectivity index (χ3v) is 1.30. The summed E-state index contributed by atoms with van der Waals surface area (Å²) in [6, 6.07) is 0. The van der Waals surface area contributed by atoms with Crippen LogP contribution in [0.15, 0.2) is 0 Å². The van der Waals surface area contributed by atoms with Crippen LogP contribution in [0.2, 0.25) is 0 Å². The van der Waals surface area contributed by atoms with Gasteiger partial charge in [-0.15, -0.1) is 0 Å². The molecule has 1 unspecified atom stereocenters. The second-order valence-electron chi connectivity index (χ2n) is 2.68. The van der Waals surface area contributed by atoms with Crippen molar-refractivity contribution in [1.29, 1.82) is 0 Å². The summed E-state index contributed by atoms with van der Waals surface area (Å²) in [5.41, 5.74) is 0. The van der Waals surface area contributed by atoms with E-state index in [1.807, 2.05) is 4.72 Å². The number of carbonyl (C=O) groups excluding carboxylic acids is 2. The predicted octanol–water partition coefficient (Wildman–Crippen LogP) is 1.10. The van der Waals surface area contributed by atoms with Crippen LogP contribution in [0.1, 0.15) is 20.8 Å². The predicted molar refractivity (Wildman–Crippen MR) is 49.0 cm³/mol. The number of ether oxygens (including phenoxy) is 2. The van der Waals surface area contributed by atoms with Crippen LogP contribution < -0.4 is 4.72 Å². The first kappa shape index (κ1) is 12.1. The first-order chi connectivity index (χ1) is 5.97. The molecule has 0 bridgehead atoms. The molecule has 6 heteroatoms. The summed E-state index contributed by atoms with van der Waals surface area (Å²) >= 11 is 3.46. The van der Waals surface area contributed by atoms with Gasteiger partial charge in [0.1, 0.15) is 0 Å². The van der Waals surface area contributed by atoms with Crippen LogP contribution in [0.3, 0.4) is 0 Å². The third kappa shape index (κ3) is 5.35. The smallest absolute Gasteiger partial charge is 0.420 e. The number of rotatable bonds is 3. The van der Waals surface area contributed by atoms with Crippen LogP contribution in [-0.4, -0.2) is 18.4 Å². The highest BCUT2D eigenvalue weighted by Gasteiger charge is 2.15. The summed E-state index contributed by atoms with van der Waals surface area (Å²) in [5, 5.41) is 0. The molecule has 0 aliphatic heterocycles. The highest BCUT2D eigenvalue weighted by Crippen LogP contribution is 2.01. The first-order valence-electron chi connectivity index (χ1n) is 3.78. The van der Waals surface area contributed by atoms with E-state index in [2.05, 4.69) is 17.6 Å². The van der Waals surface area contributed by atoms with Gasteiger partial charge in [0.2, 0.25) is 6.29 Å². The maximum atomic E-state index is 11.0. The highest BCUT2D eigenvalue weighted by atomic mass is 32.1. The lowest BCUT2D eigenvalue weighted by molar-refractivity contribution is -0.168. The van der Waals surface area contributed by atoms with E-state index in [0.29, 0.717) is 0 Å². The van der Waals surface area contributed by atoms with Crippen LogP contribution >= 0.6 is 12.8 Å². The molecule has 0 aromatic carbocycles. The number of hydrogen-bond acceptors (Lipinski definition) is 5. The molecule has 0 aromatic heterocycles. The molecule has 0 aliphatic carbocycles. The molecule has 0 fully saturated rings. The second kappa shape index (κ2) is 5.69. The zero-order valence-electron chi connectivity index (χ0n) is 7.73. The molecule has 1 atom stereocenters. The molecule has 0 radical (unpaired) electrons. The van der Waals surface area contributed by atoms with Gasteiger partial charge in [-0.05, 0) is 0 Å². The van der Waals surface area contributed by atoms with Crippen LogP contribution in [0, 0.1) is 5.92 Å². The highest BCUT2D eigenvalue weighted by molar-refractivity contribution is 7.78. The van der Waals surface area contributed by atoms with Crippen LogP contribution in [-0.2, 0) is 14.3 Å². The van der Waals surface area contributed by atoms with Gasteiger partial charge in [0.15, 0.2) is 0 Å². The van der Waals surface area contributed by atoms with Crippen molar-refractivity contribution >= 4 is 24.9 Å². The molecule has 0 saturated carbocycles. The number of nitrogens with one attached hydrogen (secondary N) is 1. The van der Waals surface area contributed by atoms with Crippen molar-refractivity contribution in [2.45, 2.75) is 27.1 Å². The summed E-state index contributed by atoms with van der Waals surface area (Å²) in [7, 11) is 0. The van der Waals surface area contributed by atoms with Crippen molar-refractivity contribution in [1.82, 2.24) is 4.72 Å². The Kier molecular flexibility index (Phi) is 5.29. The molecule has 0 spiro atoms. The molecular formula is C7H13NO4S. The van der Waals surface area contributed by atoms with Crippen molar-refractivity contribution in [2.24, 2.45) is 5.92 Å². The lowest BCUT2D eigenvalue weighted by Crippen LogP contribution is -2.27. The topological polar surface area (TPSA) is 64.6 Å². The molecule has 0 aliphatic rings. The maximum Gasteiger partial charge on any atom is 0.420 e. The van der Waals surface area contributed by atoms with Gasteiger partial charge < -0.3 is 9.47 Å². The number of esters is 1. The van der Waals surface area contributed by atoms with Crippen molar-refractivity contribution in [3.63, 3.8) is 0 Å². The molecule has 13 heavy (non-hydrogen) atoms. The van der Waals surface area contributed by atoms with E-state index in [9.17, 15) is 9.59 Å². The van der Waals surface area contributed by atoms with Gasteiger partial charge in [0, 0.05) is 6.92 Å². The normalized spacial score (nSPS) is 12.1. The van der Waals surface area contributed by atoms with Gasteiger partial charge in [-0.3, -0.25) is 9.52 Å². The van der Waals surface area contributed by atoms with E-state index in [-0.39, 0.29) is 5.92 Å². The van der Waals surface area contributed by atoms with Crippen LogP contribution in [0.25, 0.3) is 0 Å². The minimum atomic E-state index is -0.901. The summed E-state index contributed by atoms with van der Waals surface area (Å²) in [4.78, 5) is 21.5. The maximum absolute atomic E-state index is 11.0. The Morgan fingerprint density at radius 2 is 1.77 bits per heavy atom. The largest absolute Gasteiger partial charge is 0.425 e. The van der Waals surface area contributed by atoms with Crippen molar-refractivity contribution in [2.75, 3.05) is 0 Å². The summed E-state index contributed by atoms with van der Waals surface area (Å²) in [5.74, 6) is -0.662. The second-order valence-corrected chi connectivity index (χ2v) is 2.90. The Bertz CT molecular complexity index is 195. The first-order valence-corrected chi connectivity index (χ1v) is 4.23. The van der Waals surface area contributed by atoms with Crippen molar-refractivity contribution in [3.05, 3.63) is 0 Å². The average Bonchev–Trinajstić information content (AvgIpc) is 2.03. The van der Waals surface area contributed by atoms with E-state index in [4.69, 9.17) is 4.74 Å². The fraction of sp³-hybridized carbons (Fsp3) is 0.714. The SMILES string of the molecule is CC(OC(=O)NS)OC(=O)C(C)C. The number of thiol groups is 1. The van der Waals surface area contributed by atoms with Gasteiger partial charge in [-0.2, -0.15) is 0 Å². The Morgan fingerprint density at radius 3 is 2.15 bits per heavy atom. The molecule has 1 amide bonds. The summed E-state index contributed by atoms with van der Waals surface area (Å²) in [6.45, 7) is 4.82. The third-order valence-electron chi connectivity index (χ3n) is 1.12. The molecule has 0 heterocycles. The van der Waals surface area contributed by atoms with E-state index >= 15 is 0 Å². The Morgan fingerprint density at radius 1 is 1.23 bits per heavy atom. The van der Waals surface area contributed by atoms with E-state index in [1.54, 1.807) is 13.8 Å². The minimum Gasteiger partial charge on any atom is -0.425 e. The zero-order valence-corrected chi connectivity index (χ0v) is 8.63. The van der Waals surface area contributed by atoms with Gasteiger partial charge in [0.25, 0.3) is 0 Å². The monoisotopic (exact) mass is 207 g/mol. The van der Waals surface area contributed by atoms with E-state index < -0.39 is 18.4 Å². The molecule has 76 valence electrons. The average molecular weight is 207 g/mol. The lowest BCUT2D eigenvalue weighted by Gasteiger charge is -2.14. The van der Waals surface area contributed by atoms with Crippen LogP contribution in [0.5, 0.6) is 0 Å². The molecular weight excluding hydrogens is 194 g/mol. The van der Waals surface area contributed by atoms with E-state index in [1.165, 1.54) is 6.92 Å². The number of carbonyl (C=O) groups is 2. The van der Waals surface area contributed by atoms with Crippen molar-refractivity contribution in [3.8, 4) is 0 Å². The molecule has 0 aromatic rings. The fourth-order valence-electron chi connectivity index (χ4n) is 0.501.